The van der Waals surface area contributed by atoms with Crippen molar-refractivity contribution in [2.45, 2.75) is 25.8 Å². The molecule has 0 aromatic heterocycles. The summed E-state index contributed by atoms with van der Waals surface area (Å²) in [6.07, 6.45) is 0.927. The number of anilines is 2. The number of nitrogen functional groups attached to an aromatic ring is 1. The summed E-state index contributed by atoms with van der Waals surface area (Å²) in [4.78, 5) is 0. The number of fused-ring (bicyclic) bond motifs is 1. The lowest BCUT2D eigenvalue weighted by Gasteiger charge is -2.17. The maximum absolute atomic E-state index is 9.40. The van der Waals surface area contributed by atoms with E-state index in [1.165, 1.54) is 0 Å². The van der Waals surface area contributed by atoms with Gasteiger partial charge in [0.15, 0.2) is 0 Å². The van der Waals surface area contributed by atoms with E-state index in [4.69, 9.17) is 5.73 Å². The van der Waals surface area contributed by atoms with Gasteiger partial charge in [0.1, 0.15) is 5.75 Å². The van der Waals surface area contributed by atoms with E-state index in [0.717, 1.165) is 17.7 Å². The van der Waals surface area contributed by atoms with Gasteiger partial charge >= 0.3 is 0 Å². The van der Waals surface area contributed by atoms with Gasteiger partial charge in [0, 0.05) is 11.2 Å². The molecule has 4 N–H and O–H groups in total. The van der Waals surface area contributed by atoms with E-state index in [1.807, 2.05) is 0 Å². The number of benzene rings is 1. The molecule has 2 rings (SSSR count). The molecule has 3 heteroatoms. The minimum absolute atomic E-state index is 0.0720. The van der Waals surface area contributed by atoms with E-state index < -0.39 is 0 Å². The highest BCUT2D eigenvalue weighted by Crippen LogP contribution is 2.37. The number of nitrogens with one attached hydrogen (secondary N) is 1. The second kappa shape index (κ2) is 2.31. The molecule has 1 heterocycles. The molecule has 0 saturated heterocycles. The molecule has 0 atom stereocenters. The van der Waals surface area contributed by atoms with Gasteiger partial charge in [-0.2, -0.15) is 0 Å². The zero-order chi connectivity index (χ0) is 9.64. The van der Waals surface area contributed by atoms with E-state index in [1.54, 1.807) is 12.1 Å². The Morgan fingerprint density at radius 2 is 2.15 bits per heavy atom. The van der Waals surface area contributed by atoms with Crippen molar-refractivity contribution in [3.8, 4) is 5.75 Å². The zero-order valence-electron chi connectivity index (χ0n) is 7.89. The third-order valence-corrected chi connectivity index (χ3v) is 2.36. The van der Waals surface area contributed by atoms with Gasteiger partial charge in [-0.1, -0.05) is 0 Å². The largest absolute Gasteiger partial charge is 0.506 e. The standard InChI is InChI=1S/C10H14N2O/c1-10(2)5-6-3-9(13)7(11)4-8(6)12-10/h3-4,12-13H,5,11H2,1-2H3. The summed E-state index contributed by atoms with van der Waals surface area (Å²) in [5.74, 6) is 0.179. The fourth-order valence-electron chi connectivity index (χ4n) is 1.80. The predicted octanol–water partition coefficient (Wildman–Crippen LogP) is 1.72. The summed E-state index contributed by atoms with van der Waals surface area (Å²) < 4.78 is 0. The van der Waals surface area contributed by atoms with E-state index in [2.05, 4.69) is 19.2 Å². The lowest BCUT2D eigenvalue weighted by Crippen LogP contribution is -2.27. The molecule has 70 valence electrons. The topological polar surface area (TPSA) is 58.3 Å². The molecular weight excluding hydrogens is 164 g/mol. The van der Waals surface area contributed by atoms with Gasteiger partial charge in [0.25, 0.3) is 0 Å². The van der Waals surface area contributed by atoms with Gasteiger partial charge in [-0.25, -0.2) is 0 Å². The third kappa shape index (κ3) is 1.30. The van der Waals surface area contributed by atoms with Crippen molar-refractivity contribution < 1.29 is 5.11 Å². The molecule has 0 aliphatic carbocycles. The first-order chi connectivity index (χ1) is 5.98. The van der Waals surface area contributed by atoms with Crippen LogP contribution in [0.3, 0.4) is 0 Å². The highest BCUT2D eigenvalue weighted by molar-refractivity contribution is 5.69. The van der Waals surface area contributed by atoms with Crippen molar-refractivity contribution in [1.29, 1.82) is 0 Å². The molecule has 3 nitrogen and oxygen atoms in total. The van der Waals surface area contributed by atoms with Crippen molar-refractivity contribution in [3.63, 3.8) is 0 Å². The van der Waals surface area contributed by atoms with Crippen LogP contribution in [0.2, 0.25) is 0 Å². The minimum atomic E-state index is 0.0720. The maximum Gasteiger partial charge on any atom is 0.138 e. The molecule has 1 aromatic rings. The lowest BCUT2D eigenvalue weighted by atomic mass is 10.0. The third-order valence-electron chi connectivity index (χ3n) is 2.36. The number of hydrogen-bond acceptors (Lipinski definition) is 3. The first-order valence-electron chi connectivity index (χ1n) is 4.37. The number of nitrogens with two attached hydrogens (primary N) is 1. The van der Waals surface area contributed by atoms with Crippen LogP contribution in [0.15, 0.2) is 12.1 Å². The van der Waals surface area contributed by atoms with Crippen molar-refractivity contribution in [2.75, 3.05) is 11.1 Å². The maximum atomic E-state index is 9.40. The van der Waals surface area contributed by atoms with Crippen LogP contribution in [0, 0.1) is 0 Å². The van der Waals surface area contributed by atoms with Gasteiger partial charge in [-0.15, -0.1) is 0 Å². The average molecular weight is 178 g/mol. The molecule has 1 aliphatic rings. The Hall–Kier alpha value is -1.38. The number of hydrogen-bond donors (Lipinski definition) is 3. The van der Waals surface area contributed by atoms with E-state index >= 15 is 0 Å². The number of phenols is 1. The molecule has 13 heavy (non-hydrogen) atoms. The molecule has 0 saturated carbocycles. The Balaban J connectivity index is 2.48. The predicted molar refractivity (Wildman–Crippen MR) is 53.9 cm³/mol. The van der Waals surface area contributed by atoms with Crippen LogP contribution in [0.25, 0.3) is 0 Å². The van der Waals surface area contributed by atoms with Crippen LogP contribution in [0.4, 0.5) is 11.4 Å². The van der Waals surface area contributed by atoms with Gasteiger partial charge in [0.2, 0.25) is 0 Å². The smallest absolute Gasteiger partial charge is 0.138 e. The molecular formula is C10H14N2O. The first-order valence-corrected chi connectivity index (χ1v) is 4.37. The van der Waals surface area contributed by atoms with Crippen LogP contribution >= 0.6 is 0 Å². The van der Waals surface area contributed by atoms with E-state index in [0.29, 0.717) is 5.69 Å². The summed E-state index contributed by atoms with van der Waals surface area (Å²) in [6.45, 7) is 4.25. The normalized spacial score (nSPS) is 18.0. The fourth-order valence-corrected chi connectivity index (χ4v) is 1.80. The van der Waals surface area contributed by atoms with Crippen molar-refractivity contribution in [2.24, 2.45) is 0 Å². The molecule has 0 fully saturated rings. The summed E-state index contributed by atoms with van der Waals surface area (Å²) in [5, 5.41) is 12.8. The average Bonchev–Trinajstić information content (AvgIpc) is 2.24. The number of phenolic OH excluding ortho intramolecular Hbond substituents is 1. The second-order valence-electron chi connectivity index (χ2n) is 4.25. The van der Waals surface area contributed by atoms with Gasteiger partial charge in [0.05, 0.1) is 5.69 Å². The Labute approximate surface area is 77.6 Å². The highest BCUT2D eigenvalue weighted by atomic mass is 16.3. The monoisotopic (exact) mass is 178 g/mol. The Kier molecular flexibility index (Phi) is 1.46. The van der Waals surface area contributed by atoms with Crippen molar-refractivity contribution in [3.05, 3.63) is 17.7 Å². The van der Waals surface area contributed by atoms with Crippen LogP contribution in [-0.2, 0) is 6.42 Å². The molecule has 1 aliphatic heterocycles. The minimum Gasteiger partial charge on any atom is -0.506 e. The quantitative estimate of drug-likeness (QED) is 0.322. The summed E-state index contributed by atoms with van der Waals surface area (Å²) in [6, 6.07) is 3.53. The Morgan fingerprint density at radius 3 is 2.85 bits per heavy atom. The molecule has 0 radical (unpaired) electrons. The SMILES string of the molecule is CC1(C)Cc2cc(O)c(N)cc2N1. The Morgan fingerprint density at radius 1 is 1.46 bits per heavy atom. The van der Waals surface area contributed by atoms with Crippen LogP contribution in [-0.4, -0.2) is 10.6 Å². The second-order valence-corrected chi connectivity index (χ2v) is 4.25. The van der Waals surface area contributed by atoms with Gasteiger partial charge < -0.3 is 16.2 Å². The lowest BCUT2D eigenvalue weighted by molar-refractivity contribution is 0.477. The highest BCUT2D eigenvalue weighted by Gasteiger charge is 2.27. The molecule has 0 unspecified atom stereocenters. The molecule has 0 spiro atoms. The molecule has 0 amide bonds. The van der Waals surface area contributed by atoms with Crippen LogP contribution in [0.5, 0.6) is 5.75 Å². The van der Waals surface area contributed by atoms with Gasteiger partial charge in [-0.3, -0.25) is 0 Å². The van der Waals surface area contributed by atoms with E-state index in [9.17, 15) is 5.11 Å². The molecule has 1 aromatic carbocycles. The first kappa shape index (κ1) is 8.23. The van der Waals surface area contributed by atoms with E-state index in [-0.39, 0.29) is 11.3 Å². The van der Waals surface area contributed by atoms with Gasteiger partial charge in [-0.05, 0) is 38.0 Å². The summed E-state index contributed by atoms with van der Waals surface area (Å²) in [7, 11) is 0. The zero-order valence-corrected chi connectivity index (χ0v) is 7.89. The van der Waals surface area contributed by atoms with Crippen molar-refractivity contribution >= 4 is 11.4 Å². The fraction of sp³-hybridized carbons (Fsp3) is 0.400. The summed E-state index contributed by atoms with van der Waals surface area (Å²) in [5.41, 5.74) is 8.28. The Bertz CT molecular complexity index is 325. The van der Waals surface area contributed by atoms with Crippen LogP contribution in [0.1, 0.15) is 19.4 Å². The number of aromatic hydroxyl groups is 1. The molecule has 0 bridgehead atoms. The summed E-state index contributed by atoms with van der Waals surface area (Å²) >= 11 is 0. The number of rotatable bonds is 0. The van der Waals surface area contributed by atoms with Crippen LogP contribution < -0.4 is 11.1 Å². The van der Waals surface area contributed by atoms with Crippen molar-refractivity contribution in [1.82, 2.24) is 0 Å².